The largest absolute Gasteiger partial charge is 0.479 e. The van der Waals surface area contributed by atoms with E-state index >= 15 is 0 Å². The number of rotatable bonds is 6. The highest BCUT2D eigenvalue weighted by Crippen LogP contribution is 2.13. The standard InChI is InChI=1S/C12H13F3N2O3/c13-12(14,15)7-16-6-9(18)17-10(11(19)20)8-4-2-1-3-5-8/h1-5,10,16H,6-7H2,(H,17,18)(H,19,20)/t10-/m1/s1. The van der Waals surface area contributed by atoms with Crippen LogP contribution in [0.4, 0.5) is 13.2 Å². The first-order chi connectivity index (χ1) is 9.29. The number of halogens is 3. The molecule has 5 nitrogen and oxygen atoms in total. The van der Waals surface area contributed by atoms with Crippen molar-refractivity contribution in [3.05, 3.63) is 35.9 Å². The molecule has 0 heterocycles. The molecule has 1 atom stereocenters. The fourth-order valence-corrected chi connectivity index (χ4v) is 1.46. The van der Waals surface area contributed by atoms with Gasteiger partial charge in [-0.1, -0.05) is 30.3 Å². The lowest BCUT2D eigenvalue weighted by Gasteiger charge is -2.15. The van der Waals surface area contributed by atoms with Crippen molar-refractivity contribution in [2.75, 3.05) is 13.1 Å². The van der Waals surface area contributed by atoms with Crippen molar-refractivity contribution in [1.82, 2.24) is 10.6 Å². The van der Waals surface area contributed by atoms with E-state index < -0.39 is 37.2 Å². The Labute approximate surface area is 112 Å². The smallest absolute Gasteiger partial charge is 0.401 e. The van der Waals surface area contributed by atoms with Gasteiger partial charge in [0.2, 0.25) is 5.91 Å². The molecule has 1 aromatic carbocycles. The maximum atomic E-state index is 11.9. The topological polar surface area (TPSA) is 78.4 Å². The van der Waals surface area contributed by atoms with E-state index in [0.29, 0.717) is 5.56 Å². The fourth-order valence-electron chi connectivity index (χ4n) is 1.46. The van der Waals surface area contributed by atoms with Crippen molar-refractivity contribution in [2.45, 2.75) is 12.2 Å². The molecule has 1 rings (SSSR count). The molecule has 1 amide bonds. The summed E-state index contributed by atoms with van der Waals surface area (Å²) in [6.45, 7) is -1.93. The molecular formula is C12H13F3N2O3. The van der Waals surface area contributed by atoms with Gasteiger partial charge in [0.1, 0.15) is 0 Å². The Hall–Kier alpha value is -2.09. The maximum absolute atomic E-state index is 11.9. The van der Waals surface area contributed by atoms with Gasteiger partial charge in [0, 0.05) is 0 Å². The summed E-state index contributed by atoms with van der Waals surface area (Å²) in [4.78, 5) is 22.5. The molecule has 8 heteroatoms. The minimum Gasteiger partial charge on any atom is -0.479 e. The van der Waals surface area contributed by atoms with E-state index in [2.05, 4.69) is 5.32 Å². The molecule has 0 fully saturated rings. The van der Waals surface area contributed by atoms with Crippen molar-refractivity contribution in [1.29, 1.82) is 0 Å². The summed E-state index contributed by atoms with van der Waals surface area (Å²) in [7, 11) is 0. The second kappa shape index (κ2) is 6.90. The number of carbonyl (C=O) groups is 2. The van der Waals surface area contributed by atoms with E-state index in [9.17, 15) is 22.8 Å². The number of hydrogen-bond donors (Lipinski definition) is 3. The number of benzene rings is 1. The summed E-state index contributed by atoms with van der Waals surface area (Å²) in [5.41, 5.74) is 0.337. The van der Waals surface area contributed by atoms with Gasteiger partial charge in [0.15, 0.2) is 6.04 Å². The number of aliphatic carboxylic acids is 1. The molecule has 0 aliphatic heterocycles. The number of carbonyl (C=O) groups excluding carboxylic acids is 1. The van der Waals surface area contributed by atoms with Gasteiger partial charge >= 0.3 is 12.1 Å². The average Bonchev–Trinajstić information content (AvgIpc) is 2.35. The van der Waals surface area contributed by atoms with Gasteiger partial charge in [-0.15, -0.1) is 0 Å². The van der Waals surface area contributed by atoms with E-state index in [4.69, 9.17) is 5.11 Å². The highest BCUT2D eigenvalue weighted by molar-refractivity contribution is 5.85. The third kappa shape index (κ3) is 5.70. The van der Waals surface area contributed by atoms with Crippen LogP contribution in [-0.4, -0.2) is 36.2 Å². The minimum atomic E-state index is -4.42. The van der Waals surface area contributed by atoms with Crippen LogP contribution < -0.4 is 10.6 Å². The lowest BCUT2D eigenvalue weighted by molar-refractivity contribution is -0.142. The number of carboxylic acids is 1. The van der Waals surface area contributed by atoms with Crippen molar-refractivity contribution < 1.29 is 27.9 Å². The van der Waals surface area contributed by atoms with Crippen LogP contribution in [0.1, 0.15) is 11.6 Å². The van der Waals surface area contributed by atoms with Crippen LogP contribution in [0, 0.1) is 0 Å². The van der Waals surface area contributed by atoms with Crippen molar-refractivity contribution in [2.24, 2.45) is 0 Å². The lowest BCUT2D eigenvalue weighted by atomic mass is 10.1. The number of alkyl halides is 3. The van der Waals surface area contributed by atoms with Crippen LogP contribution in [0.15, 0.2) is 30.3 Å². The van der Waals surface area contributed by atoms with Crippen LogP contribution in [0.5, 0.6) is 0 Å². The first kappa shape index (κ1) is 16.0. The Morgan fingerprint density at radius 2 is 1.80 bits per heavy atom. The predicted octanol–water partition coefficient (Wildman–Crippen LogP) is 1.08. The zero-order valence-electron chi connectivity index (χ0n) is 10.3. The van der Waals surface area contributed by atoms with Crippen LogP contribution in [0.25, 0.3) is 0 Å². The van der Waals surface area contributed by atoms with Gasteiger partial charge in [0.25, 0.3) is 0 Å². The van der Waals surface area contributed by atoms with Gasteiger partial charge in [-0.25, -0.2) is 4.79 Å². The van der Waals surface area contributed by atoms with Gasteiger partial charge in [-0.2, -0.15) is 13.2 Å². The second-order valence-electron chi connectivity index (χ2n) is 3.97. The maximum Gasteiger partial charge on any atom is 0.401 e. The van der Waals surface area contributed by atoms with Crippen LogP contribution in [0.3, 0.4) is 0 Å². The minimum absolute atomic E-state index is 0.337. The summed E-state index contributed by atoms with van der Waals surface area (Å²) >= 11 is 0. The van der Waals surface area contributed by atoms with Gasteiger partial charge in [0.05, 0.1) is 13.1 Å². The van der Waals surface area contributed by atoms with Gasteiger partial charge in [-0.05, 0) is 5.56 Å². The van der Waals surface area contributed by atoms with E-state index in [0.717, 1.165) is 0 Å². The molecule has 0 aliphatic carbocycles. The van der Waals surface area contributed by atoms with Gasteiger partial charge in [-0.3, -0.25) is 4.79 Å². The molecule has 0 aliphatic rings. The molecule has 0 saturated carbocycles. The van der Waals surface area contributed by atoms with Crippen molar-refractivity contribution in [3.63, 3.8) is 0 Å². The van der Waals surface area contributed by atoms with Crippen LogP contribution >= 0.6 is 0 Å². The summed E-state index contributed by atoms with van der Waals surface area (Å²) in [5, 5.41) is 13.1. The molecule has 1 aromatic rings. The number of hydrogen-bond acceptors (Lipinski definition) is 3. The molecule has 0 unspecified atom stereocenters. The van der Waals surface area contributed by atoms with E-state index in [1.165, 1.54) is 12.1 Å². The molecule has 110 valence electrons. The molecule has 0 radical (unpaired) electrons. The van der Waals surface area contributed by atoms with Crippen LogP contribution in [0.2, 0.25) is 0 Å². The zero-order valence-corrected chi connectivity index (χ0v) is 10.3. The third-order valence-corrected chi connectivity index (χ3v) is 2.30. The zero-order chi connectivity index (χ0) is 15.2. The quantitative estimate of drug-likeness (QED) is 0.732. The Bertz CT molecular complexity index is 463. The van der Waals surface area contributed by atoms with Gasteiger partial charge < -0.3 is 15.7 Å². The molecule has 3 N–H and O–H groups in total. The molecule has 0 bridgehead atoms. The van der Waals surface area contributed by atoms with Crippen molar-refractivity contribution in [3.8, 4) is 0 Å². The highest BCUT2D eigenvalue weighted by atomic mass is 19.4. The number of amides is 1. The highest BCUT2D eigenvalue weighted by Gasteiger charge is 2.27. The third-order valence-electron chi connectivity index (χ3n) is 2.30. The summed E-state index contributed by atoms with van der Waals surface area (Å²) in [6.07, 6.45) is -4.42. The number of carboxylic acid groups (broad SMARTS) is 1. The van der Waals surface area contributed by atoms with Crippen molar-refractivity contribution >= 4 is 11.9 Å². The van der Waals surface area contributed by atoms with E-state index in [-0.39, 0.29) is 0 Å². The van der Waals surface area contributed by atoms with E-state index in [1.807, 2.05) is 5.32 Å². The lowest BCUT2D eigenvalue weighted by Crippen LogP contribution is -2.41. The van der Waals surface area contributed by atoms with E-state index in [1.54, 1.807) is 18.2 Å². The summed E-state index contributed by atoms with van der Waals surface area (Å²) in [6, 6.07) is 6.58. The SMILES string of the molecule is O=C(CNCC(F)(F)F)N[C@@H](C(=O)O)c1ccccc1. The Kier molecular flexibility index (Phi) is 5.51. The average molecular weight is 290 g/mol. The molecule has 20 heavy (non-hydrogen) atoms. The summed E-state index contributed by atoms with van der Waals surface area (Å²) < 4.78 is 35.6. The fraction of sp³-hybridized carbons (Fsp3) is 0.333. The number of nitrogens with one attached hydrogen (secondary N) is 2. The predicted molar refractivity (Wildman–Crippen MR) is 63.9 cm³/mol. The summed E-state index contributed by atoms with van der Waals surface area (Å²) in [5.74, 6) is -2.12. The Balaban J connectivity index is 2.55. The normalized spacial score (nSPS) is 12.8. The Morgan fingerprint density at radius 1 is 1.20 bits per heavy atom. The molecule has 0 aromatic heterocycles. The first-order valence-electron chi connectivity index (χ1n) is 5.64. The molecule has 0 saturated heterocycles. The second-order valence-corrected chi connectivity index (χ2v) is 3.97. The monoisotopic (exact) mass is 290 g/mol. The first-order valence-corrected chi connectivity index (χ1v) is 5.64. The van der Waals surface area contributed by atoms with Crippen LogP contribution in [-0.2, 0) is 9.59 Å². The Morgan fingerprint density at radius 3 is 2.30 bits per heavy atom. The molecule has 0 spiro atoms. The molecular weight excluding hydrogens is 277 g/mol.